The van der Waals surface area contributed by atoms with Crippen molar-refractivity contribution >= 4 is 28.7 Å². The van der Waals surface area contributed by atoms with Crippen LogP contribution in [0.15, 0.2) is 48.5 Å². The Morgan fingerprint density at radius 2 is 1.81 bits per heavy atom. The van der Waals surface area contributed by atoms with E-state index in [9.17, 15) is 13.2 Å². The summed E-state index contributed by atoms with van der Waals surface area (Å²) >= 11 is 5.20. The van der Waals surface area contributed by atoms with E-state index in [0.29, 0.717) is 17.3 Å². The number of halogens is 3. The van der Waals surface area contributed by atoms with Crippen molar-refractivity contribution in [1.29, 1.82) is 0 Å². The van der Waals surface area contributed by atoms with Crippen LogP contribution >= 0.6 is 12.2 Å². The number of para-hydroxylation sites is 1. The van der Waals surface area contributed by atoms with Crippen molar-refractivity contribution in [3.8, 4) is 0 Å². The number of fused-ring (bicyclic) bond motifs is 1. The Labute approximate surface area is 156 Å². The number of benzene rings is 2. The molecule has 0 saturated carbocycles. The highest BCUT2D eigenvalue weighted by Gasteiger charge is 2.29. The number of anilines is 2. The largest absolute Gasteiger partial charge is 0.416 e. The highest BCUT2D eigenvalue weighted by molar-refractivity contribution is 7.80. The molecule has 26 heavy (non-hydrogen) atoms. The summed E-state index contributed by atoms with van der Waals surface area (Å²) in [4.78, 5) is 2.36. The molecule has 0 radical (unpaired) electrons. The normalized spacial score (nSPS) is 13.4. The second kappa shape index (κ2) is 7.95. The van der Waals surface area contributed by atoms with Crippen LogP contribution < -0.4 is 15.5 Å². The van der Waals surface area contributed by atoms with Crippen LogP contribution in [0.3, 0.4) is 0 Å². The molecule has 0 saturated heterocycles. The number of nitrogens with zero attached hydrogens (tertiary/aromatic N) is 1. The summed E-state index contributed by atoms with van der Waals surface area (Å²) in [6, 6.07) is 13.2. The number of alkyl halides is 3. The van der Waals surface area contributed by atoms with Crippen LogP contribution in [0.25, 0.3) is 0 Å². The molecular formula is C19H20F3N3S. The molecule has 3 nitrogen and oxygen atoms in total. The summed E-state index contributed by atoms with van der Waals surface area (Å²) < 4.78 is 37.6. The molecule has 2 aromatic rings. The molecule has 0 bridgehead atoms. The van der Waals surface area contributed by atoms with Gasteiger partial charge in [0.05, 0.1) is 5.56 Å². The average molecular weight is 379 g/mol. The Hall–Kier alpha value is -2.28. The van der Waals surface area contributed by atoms with Crippen molar-refractivity contribution < 1.29 is 13.2 Å². The van der Waals surface area contributed by atoms with Gasteiger partial charge in [-0.1, -0.05) is 18.2 Å². The van der Waals surface area contributed by atoms with Crippen LogP contribution in [0.2, 0.25) is 0 Å². The lowest BCUT2D eigenvalue weighted by Crippen LogP contribution is -2.32. The number of hydrogen-bond acceptors (Lipinski definition) is 2. The maximum Gasteiger partial charge on any atom is 0.416 e. The van der Waals surface area contributed by atoms with Gasteiger partial charge in [0.1, 0.15) is 0 Å². The fourth-order valence-corrected chi connectivity index (χ4v) is 3.25. The summed E-state index contributed by atoms with van der Waals surface area (Å²) in [6.45, 7) is 2.67. The summed E-state index contributed by atoms with van der Waals surface area (Å²) in [7, 11) is 0. The van der Waals surface area contributed by atoms with Crippen molar-refractivity contribution in [3.63, 3.8) is 0 Å². The van der Waals surface area contributed by atoms with E-state index < -0.39 is 11.7 Å². The Kier molecular flexibility index (Phi) is 5.66. The topological polar surface area (TPSA) is 27.3 Å². The van der Waals surface area contributed by atoms with E-state index in [1.807, 2.05) is 0 Å². The van der Waals surface area contributed by atoms with Gasteiger partial charge in [-0.2, -0.15) is 13.2 Å². The van der Waals surface area contributed by atoms with Crippen molar-refractivity contribution in [2.24, 2.45) is 0 Å². The van der Waals surface area contributed by atoms with E-state index in [0.717, 1.165) is 38.1 Å². The first-order valence-corrected chi connectivity index (χ1v) is 8.89. The molecule has 0 unspecified atom stereocenters. The molecule has 0 amide bonds. The highest BCUT2D eigenvalue weighted by atomic mass is 32.1. The third kappa shape index (κ3) is 4.66. The van der Waals surface area contributed by atoms with E-state index in [1.54, 1.807) is 0 Å². The second-order valence-corrected chi connectivity index (χ2v) is 6.58. The maximum absolute atomic E-state index is 12.5. The van der Waals surface area contributed by atoms with Crippen molar-refractivity contribution in [2.75, 3.05) is 29.9 Å². The van der Waals surface area contributed by atoms with Crippen molar-refractivity contribution in [3.05, 3.63) is 59.7 Å². The highest BCUT2D eigenvalue weighted by Crippen LogP contribution is 2.30. The smallest absolute Gasteiger partial charge is 0.371 e. The van der Waals surface area contributed by atoms with Gasteiger partial charge in [0.15, 0.2) is 5.11 Å². The molecule has 0 spiro atoms. The summed E-state index contributed by atoms with van der Waals surface area (Å²) in [6.07, 6.45) is -2.33. The first-order valence-electron chi connectivity index (χ1n) is 8.48. The molecule has 1 aliphatic heterocycles. The van der Waals surface area contributed by atoms with E-state index in [1.165, 1.54) is 23.4 Å². The molecule has 1 heterocycles. The van der Waals surface area contributed by atoms with Crippen LogP contribution in [-0.4, -0.2) is 24.7 Å². The third-order valence-corrected chi connectivity index (χ3v) is 4.59. The van der Waals surface area contributed by atoms with Crippen LogP contribution in [-0.2, 0) is 12.6 Å². The lowest BCUT2D eigenvalue weighted by atomic mass is 10.2. The molecule has 2 aromatic carbocycles. The molecule has 0 fully saturated rings. The van der Waals surface area contributed by atoms with Gasteiger partial charge in [-0.25, -0.2) is 0 Å². The second-order valence-electron chi connectivity index (χ2n) is 6.18. The van der Waals surface area contributed by atoms with E-state index in [2.05, 4.69) is 39.8 Å². The van der Waals surface area contributed by atoms with Gasteiger partial charge in [0, 0.05) is 31.0 Å². The van der Waals surface area contributed by atoms with E-state index >= 15 is 0 Å². The fraction of sp³-hybridized carbons (Fsp3) is 0.316. The number of rotatable bonds is 5. The van der Waals surface area contributed by atoms with Crippen LogP contribution in [0.1, 0.15) is 17.5 Å². The lowest BCUT2D eigenvalue weighted by molar-refractivity contribution is -0.137. The Balaban J connectivity index is 1.40. The minimum Gasteiger partial charge on any atom is -0.371 e. The molecule has 3 rings (SSSR count). The predicted molar refractivity (Wildman–Crippen MR) is 103 cm³/mol. The van der Waals surface area contributed by atoms with Gasteiger partial charge in [-0.05, 0) is 61.0 Å². The Bertz CT molecular complexity index is 759. The summed E-state index contributed by atoms with van der Waals surface area (Å²) in [5, 5.41) is 6.41. The van der Waals surface area contributed by atoms with Crippen LogP contribution in [0.5, 0.6) is 0 Å². The molecule has 1 aliphatic rings. The van der Waals surface area contributed by atoms with Gasteiger partial charge >= 0.3 is 6.18 Å². The van der Waals surface area contributed by atoms with Gasteiger partial charge in [0.2, 0.25) is 0 Å². The summed E-state index contributed by atoms with van der Waals surface area (Å²) in [5.74, 6) is 0. The Morgan fingerprint density at radius 1 is 1.08 bits per heavy atom. The van der Waals surface area contributed by atoms with Crippen LogP contribution in [0, 0.1) is 0 Å². The summed E-state index contributed by atoms with van der Waals surface area (Å²) in [5.41, 5.74) is 2.55. The fourth-order valence-electron chi connectivity index (χ4n) is 3.03. The SMILES string of the molecule is FC(F)(F)c1ccc(NC(=S)NCCCN2CCc3ccccc32)cc1. The molecule has 0 atom stereocenters. The quantitative estimate of drug-likeness (QED) is 0.593. The molecular weight excluding hydrogens is 359 g/mol. The third-order valence-electron chi connectivity index (χ3n) is 4.34. The Morgan fingerprint density at radius 3 is 2.54 bits per heavy atom. The van der Waals surface area contributed by atoms with Crippen LogP contribution in [0.4, 0.5) is 24.5 Å². The molecule has 2 N–H and O–H groups in total. The zero-order chi connectivity index (χ0) is 18.6. The zero-order valence-corrected chi connectivity index (χ0v) is 15.0. The monoisotopic (exact) mass is 379 g/mol. The molecule has 138 valence electrons. The van der Waals surface area contributed by atoms with Gasteiger partial charge in [-0.15, -0.1) is 0 Å². The first-order chi connectivity index (χ1) is 12.4. The zero-order valence-electron chi connectivity index (χ0n) is 14.1. The number of nitrogens with one attached hydrogen (secondary N) is 2. The first kappa shape index (κ1) is 18.5. The maximum atomic E-state index is 12.5. The molecule has 0 aromatic heterocycles. The molecule has 0 aliphatic carbocycles. The lowest BCUT2D eigenvalue weighted by Gasteiger charge is -2.19. The van der Waals surface area contributed by atoms with E-state index in [4.69, 9.17) is 12.2 Å². The number of hydrogen-bond donors (Lipinski definition) is 2. The minimum absolute atomic E-state index is 0.409. The average Bonchev–Trinajstić information content (AvgIpc) is 3.02. The van der Waals surface area contributed by atoms with Crippen molar-refractivity contribution in [2.45, 2.75) is 19.0 Å². The van der Waals surface area contributed by atoms with Gasteiger partial charge in [0.25, 0.3) is 0 Å². The number of thiocarbonyl (C=S) groups is 1. The van der Waals surface area contributed by atoms with E-state index in [-0.39, 0.29) is 0 Å². The molecule has 7 heteroatoms. The van der Waals surface area contributed by atoms with Gasteiger partial charge < -0.3 is 15.5 Å². The predicted octanol–water partition coefficient (Wildman–Crippen LogP) is 4.44. The standard InChI is InChI=1S/C19H20F3N3S/c20-19(21,22)15-6-8-16(9-7-15)24-18(26)23-11-3-12-25-13-10-14-4-1-2-5-17(14)25/h1-2,4-9H,3,10-13H2,(H2,23,24,26). The minimum atomic E-state index is -4.33. The van der Waals surface area contributed by atoms with Gasteiger partial charge in [-0.3, -0.25) is 0 Å². The van der Waals surface area contributed by atoms with Crippen molar-refractivity contribution in [1.82, 2.24) is 5.32 Å².